The third-order valence-corrected chi connectivity index (χ3v) is 3.88. The summed E-state index contributed by atoms with van der Waals surface area (Å²) in [4.78, 5) is 7.78. The number of aromatic nitrogens is 2. The molecule has 0 saturated carbocycles. The van der Waals surface area contributed by atoms with Crippen molar-refractivity contribution < 1.29 is 4.74 Å². The van der Waals surface area contributed by atoms with Gasteiger partial charge in [-0.3, -0.25) is 0 Å². The Labute approximate surface area is 132 Å². The molecule has 22 heavy (non-hydrogen) atoms. The van der Waals surface area contributed by atoms with Gasteiger partial charge in [0.1, 0.15) is 12.4 Å². The molecule has 1 N–H and O–H groups in total. The third-order valence-electron chi connectivity index (χ3n) is 3.64. The molecule has 0 aliphatic carbocycles. The van der Waals surface area contributed by atoms with Gasteiger partial charge in [-0.1, -0.05) is 29.8 Å². The van der Waals surface area contributed by atoms with Gasteiger partial charge in [-0.25, -0.2) is 4.98 Å². The van der Waals surface area contributed by atoms with Gasteiger partial charge in [0.2, 0.25) is 0 Å². The van der Waals surface area contributed by atoms with E-state index in [-0.39, 0.29) is 0 Å². The molecule has 108 valence electrons. The van der Waals surface area contributed by atoms with E-state index >= 15 is 0 Å². The standard InChI is InChI=1S/C18H13ClN2O/c19-13-6-4-12-5-7-14(21-17(12)10-13)11-22-18-3-1-2-16-15(18)8-9-20-16/h1-10,20H,11H2. The van der Waals surface area contributed by atoms with Crippen molar-refractivity contribution in [3.8, 4) is 5.75 Å². The van der Waals surface area contributed by atoms with E-state index < -0.39 is 0 Å². The first kappa shape index (κ1) is 13.2. The molecule has 4 aromatic rings. The largest absolute Gasteiger partial charge is 0.487 e. The van der Waals surface area contributed by atoms with Crippen molar-refractivity contribution in [2.75, 3.05) is 0 Å². The van der Waals surface area contributed by atoms with Crippen molar-refractivity contribution in [1.29, 1.82) is 0 Å². The van der Waals surface area contributed by atoms with Crippen molar-refractivity contribution in [3.63, 3.8) is 0 Å². The summed E-state index contributed by atoms with van der Waals surface area (Å²) in [6.45, 7) is 0.423. The number of nitrogens with zero attached hydrogens (tertiary/aromatic N) is 1. The van der Waals surface area contributed by atoms with Gasteiger partial charge in [0.05, 0.1) is 11.2 Å². The molecule has 0 amide bonds. The predicted molar refractivity (Wildman–Crippen MR) is 89.4 cm³/mol. The van der Waals surface area contributed by atoms with Gasteiger partial charge in [0.15, 0.2) is 0 Å². The molecule has 3 nitrogen and oxygen atoms in total. The van der Waals surface area contributed by atoms with Crippen LogP contribution in [0, 0.1) is 0 Å². The van der Waals surface area contributed by atoms with E-state index in [4.69, 9.17) is 16.3 Å². The fourth-order valence-electron chi connectivity index (χ4n) is 2.55. The first-order chi connectivity index (χ1) is 10.8. The maximum atomic E-state index is 6.02. The van der Waals surface area contributed by atoms with Crippen molar-refractivity contribution in [2.24, 2.45) is 0 Å². The number of aromatic amines is 1. The minimum absolute atomic E-state index is 0.423. The second-order valence-electron chi connectivity index (χ2n) is 5.12. The van der Waals surface area contributed by atoms with E-state index in [1.807, 2.05) is 60.8 Å². The zero-order valence-electron chi connectivity index (χ0n) is 11.7. The van der Waals surface area contributed by atoms with Gasteiger partial charge in [-0.15, -0.1) is 0 Å². The Morgan fingerprint density at radius 3 is 2.91 bits per heavy atom. The molecular weight excluding hydrogens is 296 g/mol. The van der Waals surface area contributed by atoms with Crippen LogP contribution in [-0.4, -0.2) is 9.97 Å². The zero-order valence-corrected chi connectivity index (χ0v) is 12.5. The Morgan fingerprint density at radius 2 is 1.95 bits per heavy atom. The van der Waals surface area contributed by atoms with Crippen LogP contribution in [0.25, 0.3) is 21.8 Å². The zero-order chi connectivity index (χ0) is 14.9. The molecule has 2 aromatic heterocycles. The Kier molecular flexibility index (Phi) is 3.20. The Balaban J connectivity index is 1.62. The summed E-state index contributed by atoms with van der Waals surface area (Å²) in [5.74, 6) is 0.853. The topological polar surface area (TPSA) is 37.9 Å². The van der Waals surface area contributed by atoms with E-state index in [1.165, 1.54) is 0 Å². The normalized spacial score (nSPS) is 11.1. The highest BCUT2D eigenvalue weighted by atomic mass is 35.5. The number of halogens is 1. The molecule has 0 bridgehead atoms. The third kappa shape index (κ3) is 2.40. The summed E-state index contributed by atoms with van der Waals surface area (Å²) >= 11 is 6.02. The van der Waals surface area contributed by atoms with E-state index in [0.717, 1.165) is 33.2 Å². The maximum Gasteiger partial charge on any atom is 0.130 e. The van der Waals surface area contributed by atoms with Gasteiger partial charge >= 0.3 is 0 Å². The number of ether oxygens (including phenoxy) is 1. The lowest BCUT2D eigenvalue weighted by Gasteiger charge is -2.08. The molecule has 0 aliphatic heterocycles. The lowest BCUT2D eigenvalue weighted by Crippen LogP contribution is -1.98. The number of hydrogen-bond acceptors (Lipinski definition) is 2. The van der Waals surface area contributed by atoms with Crippen LogP contribution >= 0.6 is 11.6 Å². The highest BCUT2D eigenvalue weighted by Gasteiger charge is 2.04. The fourth-order valence-corrected chi connectivity index (χ4v) is 2.71. The van der Waals surface area contributed by atoms with E-state index in [1.54, 1.807) is 0 Å². The monoisotopic (exact) mass is 308 g/mol. The molecule has 4 rings (SSSR count). The summed E-state index contributed by atoms with van der Waals surface area (Å²) < 4.78 is 5.93. The van der Waals surface area contributed by atoms with Crippen LogP contribution in [-0.2, 0) is 6.61 Å². The lowest BCUT2D eigenvalue weighted by atomic mass is 10.2. The fraction of sp³-hybridized carbons (Fsp3) is 0.0556. The van der Waals surface area contributed by atoms with Crippen molar-refractivity contribution in [3.05, 3.63) is 71.5 Å². The second-order valence-corrected chi connectivity index (χ2v) is 5.56. The molecule has 0 radical (unpaired) electrons. The van der Waals surface area contributed by atoms with Crippen molar-refractivity contribution >= 4 is 33.4 Å². The summed E-state index contributed by atoms with van der Waals surface area (Å²) in [5, 5.41) is 2.84. The van der Waals surface area contributed by atoms with Crippen molar-refractivity contribution in [1.82, 2.24) is 9.97 Å². The van der Waals surface area contributed by atoms with Crippen LogP contribution < -0.4 is 4.74 Å². The first-order valence-corrected chi connectivity index (χ1v) is 7.41. The average molecular weight is 309 g/mol. The van der Waals surface area contributed by atoms with Crippen LogP contribution in [0.1, 0.15) is 5.69 Å². The second kappa shape index (κ2) is 5.35. The number of fused-ring (bicyclic) bond motifs is 2. The Bertz CT molecular complexity index is 962. The van der Waals surface area contributed by atoms with Crippen LogP contribution in [0.3, 0.4) is 0 Å². The quantitative estimate of drug-likeness (QED) is 0.581. The molecule has 2 aromatic carbocycles. The van der Waals surface area contributed by atoms with Crippen LogP contribution in [0.2, 0.25) is 5.02 Å². The SMILES string of the molecule is Clc1ccc2ccc(COc3cccc4[nH]ccc34)nc2c1. The summed E-state index contributed by atoms with van der Waals surface area (Å²) in [7, 11) is 0. The molecular formula is C18H13ClN2O. The van der Waals surface area contributed by atoms with Crippen LogP contribution in [0.5, 0.6) is 5.75 Å². The average Bonchev–Trinajstić information content (AvgIpc) is 3.01. The summed E-state index contributed by atoms with van der Waals surface area (Å²) in [5.41, 5.74) is 2.83. The number of pyridine rings is 1. The van der Waals surface area contributed by atoms with Gasteiger partial charge in [0.25, 0.3) is 0 Å². The number of rotatable bonds is 3. The molecule has 0 unspecified atom stereocenters. The van der Waals surface area contributed by atoms with Gasteiger partial charge in [0, 0.05) is 27.5 Å². The molecule has 0 atom stereocenters. The van der Waals surface area contributed by atoms with Crippen molar-refractivity contribution in [2.45, 2.75) is 6.61 Å². The summed E-state index contributed by atoms with van der Waals surface area (Å²) in [6, 6.07) is 17.7. The number of hydrogen-bond donors (Lipinski definition) is 1. The maximum absolute atomic E-state index is 6.02. The summed E-state index contributed by atoms with van der Waals surface area (Å²) in [6.07, 6.45) is 1.91. The molecule has 0 fully saturated rings. The van der Waals surface area contributed by atoms with Crippen LogP contribution in [0.4, 0.5) is 0 Å². The van der Waals surface area contributed by atoms with Crippen LogP contribution in [0.15, 0.2) is 60.8 Å². The molecule has 4 heteroatoms. The minimum Gasteiger partial charge on any atom is -0.487 e. The highest BCUT2D eigenvalue weighted by Crippen LogP contribution is 2.25. The lowest BCUT2D eigenvalue weighted by molar-refractivity contribution is 0.305. The van der Waals surface area contributed by atoms with E-state index in [2.05, 4.69) is 9.97 Å². The molecule has 0 saturated heterocycles. The highest BCUT2D eigenvalue weighted by molar-refractivity contribution is 6.31. The predicted octanol–water partition coefficient (Wildman–Crippen LogP) is 4.95. The molecule has 0 aliphatic rings. The van der Waals surface area contributed by atoms with E-state index in [9.17, 15) is 0 Å². The van der Waals surface area contributed by atoms with E-state index in [0.29, 0.717) is 11.6 Å². The number of H-pyrrole nitrogens is 1. The smallest absolute Gasteiger partial charge is 0.130 e. The number of nitrogens with one attached hydrogen (secondary N) is 1. The van der Waals surface area contributed by atoms with Gasteiger partial charge in [-0.05, 0) is 36.4 Å². The minimum atomic E-state index is 0.423. The Hall–Kier alpha value is -2.52. The Morgan fingerprint density at radius 1 is 1.05 bits per heavy atom. The number of benzene rings is 2. The first-order valence-electron chi connectivity index (χ1n) is 7.04. The molecule has 2 heterocycles. The molecule has 0 spiro atoms. The van der Waals surface area contributed by atoms with Gasteiger partial charge in [-0.2, -0.15) is 0 Å². The van der Waals surface area contributed by atoms with Gasteiger partial charge < -0.3 is 9.72 Å².